The van der Waals surface area contributed by atoms with Gasteiger partial charge in [-0.15, -0.1) is 11.3 Å². The van der Waals surface area contributed by atoms with Crippen molar-refractivity contribution in [2.75, 3.05) is 0 Å². The standard InChI is InChI=1S/C26H15N5S/c27-16-18-15-20-23(17-9-3-1-4-10-17)30-31(19-11-5-2-6-12-19)25(20)29-24(18)26-28-21-13-7-8-14-22(21)32-26/h1-15H. The average molecular weight is 430 g/mol. The molecule has 150 valence electrons. The predicted octanol–water partition coefficient (Wildman–Crippen LogP) is 6.24. The topological polar surface area (TPSA) is 67.4 Å². The van der Waals surface area contributed by atoms with Crippen LogP contribution in [0.15, 0.2) is 91.0 Å². The number of pyridine rings is 1. The van der Waals surface area contributed by atoms with E-state index in [4.69, 9.17) is 15.1 Å². The van der Waals surface area contributed by atoms with E-state index in [-0.39, 0.29) is 0 Å². The molecule has 0 saturated carbocycles. The molecule has 0 saturated heterocycles. The highest BCUT2D eigenvalue weighted by Crippen LogP contribution is 2.35. The van der Waals surface area contributed by atoms with Gasteiger partial charge in [-0.1, -0.05) is 60.7 Å². The smallest absolute Gasteiger partial charge is 0.164 e. The Kier molecular flexibility index (Phi) is 4.27. The lowest BCUT2D eigenvalue weighted by Gasteiger charge is -2.04. The molecular weight excluding hydrogens is 414 g/mol. The van der Waals surface area contributed by atoms with E-state index < -0.39 is 0 Å². The summed E-state index contributed by atoms with van der Waals surface area (Å²) in [5.74, 6) is 0. The van der Waals surface area contributed by atoms with Crippen molar-refractivity contribution >= 4 is 32.6 Å². The van der Waals surface area contributed by atoms with Gasteiger partial charge in [-0.05, 0) is 30.3 Å². The van der Waals surface area contributed by atoms with Crippen LogP contribution in [-0.4, -0.2) is 19.7 Å². The lowest BCUT2D eigenvalue weighted by Crippen LogP contribution is -1.99. The SMILES string of the molecule is N#Cc1cc2c(-c3ccccc3)nn(-c3ccccc3)c2nc1-c1nc2ccccc2s1. The van der Waals surface area contributed by atoms with Crippen LogP contribution in [-0.2, 0) is 0 Å². The quantitative estimate of drug-likeness (QED) is 0.334. The molecule has 0 unspecified atom stereocenters. The van der Waals surface area contributed by atoms with E-state index in [9.17, 15) is 5.26 Å². The molecule has 0 aliphatic heterocycles. The molecule has 6 rings (SSSR count). The van der Waals surface area contributed by atoms with Crippen LogP contribution in [0.5, 0.6) is 0 Å². The van der Waals surface area contributed by atoms with E-state index in [2.05, 4.69) is 6.07 Å². The molecule has 0 radical (unpaired) electrons. The zero-order valence-electron chi connectivity index (χ0n) is 16.8. The van der Waals surface area contributed by atoms with Gasteiger partial charge in [0.2, 0.25) is 0 Å². The van der Waals surface area contributed by atoms with Crippen molar-refractivity contribution in [3.05, 3.63) is 96.6 Å². The summed E-state index contributed by atoms with van der Waals surface area (Å²) in [5, 5.41) is 16.4. The number of aromatic nitrogens is 4. The van der Waals surface area contributed by atoms with Crippen LogP contribution in [0.1, 0.15) is 5.56 Å². The highest BCUT2D eigenvalue weighted by atomic mass is 32.1. The second-order valence-electron chi connectivity index (χ2n) is 7.32. The van der Waals surface area contributed by atoms with Crippen molar-refractivity contribution in [2.24, 2.45) is 0 Å². The fourth-order valence-electron chi connectivity index (χ4n) is 3.82. The Balaban J connectivity index is 1.67. The number of hydrogen-bond acceptors (Lipinski definition) is 5. The summed E-state index contributed by atoms with van der Waals surface area (Å²) in [6.07, 6.45) is 0. The van der Waals surface area contributed by atoms with Gasteiger partial charge >= 0.3 is 0 Å². The number of benzene rings is 3. The van der Waals surface area contributed by atoms with Crippen molar-refractivity contribution in [3.8, 4) is 33.7 Å². The van der Waals surface area contributed by atoms with Gasteiger partial charge in [-0.2, -0.15) is 10.4 Å². The number of rotatable bonds is 3. The van der Waals surface area contributed by atoms with Crippen LogP contribution in [0.4, 0.5) is 0 Å². The first-order chi connectivity index (χ1) is 15.8. The summed E-state index contributed by atoms with van der Waals surface area (Å²) >= 11 is 1.54. The maximum atomic E-state index is 9.96. The molecule has 3 aromatic heterocycles. The molecule has 0 spiro atoms. The minimum atomic E-state index is 0.487. The Labute approximate surface area is 187 Å². The van der Waals surface area contributed by atoms with Gasteiger partial charge in [-0.3, -0.25) is 0 Å². The van der Waals surface area contributed by atoms with Crippen LogP contribution in [0.3, 0.4) is 0 Å². The summed E-state index contributed by atoms with van der Waals surface area (Å²) in [6.45, 7) is 0. The Morgan fingerprint density at radius 1 is 0.781 bits per heavy atom. The molecule has 3 heterocycles. The summed E-state index contributed by atoms with van der Waals surface area (Å²) in [6, 6.07) is 32.1. The fourth-order valence-corrected chi connectivity index (χ4v) is 4.79. The summed E-state index contributed by atoms with van der Waals surface area (Å²) in [4.78, 5) is 9.70. The Hall–Kier alpha value is -4.34. The molecule has 0 fully saturated rings. The third-order valence-electron chi connectivity index (χ3n) is 5.32. The number of para-hydroxylation sites is 2. The molecule has 0 N–H and O–H groups in total. The van der Waals surface area contributed by atoms with E-state index in [0.717, 1.165) is 37.6 Å². The second kappa shape index (κ2) is 7.41. The van der Waals surface area contributed by atoms with Gasteiger partial charge in [0, 0.05) is 10.9 Å². The third kappa shape index (κ3) is 2.96. The van der Waals surface area contributed by atoms with Crippen molar-refractivity contribution in [2.45, 2.75) is 0 Å². The van der Waals surface area contributed by atoms with E-state index in [0.29, 0.717) is 16.9 Å². The lowest BCUT2D eigenvalue weighted by molar-refractivity contribution is 0.901. The van der Waals surface area contributed by atoms with Crippen LogP contribution < -0.4 is 0 Å². The zero-order chi connectivity index (χ0) is 21.5. The highest BCUT2D eigenvalue weighted by molar-refractivity contribution is 7.21. The number of nitrogens with zero attached hydrogens (tertiary/aromatic N) is 5. The predicted molar refractivity (Wildman–Crippen MR) is 128 cm³/mol. The monoisotopic (exact) mass is 429 g/mol. The zero-order valence-corrected chi connectivity index (χ0v) is 17.6. The number of hydrogen-bond donors (Lipinski definition) is 0. The lowest BCUT2D eigenvalue weighted by atomic mass is 10.1. The van der Waals surface area contributed by atoms with Crippen molar-refractivity contribution in [1.82, 2.24) is 19.7 Å². The molecule has 32 heavy (non-hydrogen) atoms. The average Bonchev–Trinajstić information content (AvgIpc) is 3.46. The Bertz CT molecular complexity index is 1590. The first-order valence-corrected chi connectivity index (χ1v) is 10.9. The molecule has 5 nitrogen and oxygen atoms in total. The second-order valence-corrected chi connectivity index (χ2v) is 8.35. The van der Waals surface area contributed by atoms with E-state index in [1.54, 1.807) is 0 Å². The maximum Gasteiger partial charge on any atom is 0.164 e. The van der Waals surface area contributed by atoms with E-state index >= 15 is 0 Å². The molecule has 0 amide bonds. The van der Waals surface area contributed by atoms with Crippen LogP contribution >= 0.6 is 11.3 Å². The minimum absolute atomic E-state index is 0.487. The maximum absolute atomic E-state index is 9.96. The van der Waals surface area contributed by atoms with Crippen LogP contribution in [0, 0.1) is 11.3 Å². The highest BCUT2D eigenvalue weighted by Gasteiger charge is 2.20. The molecule has 6 heteroatoms. The minimum Gasteiger partial charge on any atom is -0.234 e. The molecular formula is C26H15N5S. The number of thiazole rings is 1. The first kappa shape index (κ1) is 18.4. The Morgan fingerprint density at radius 2 is 1.50 bits per heavy atom. The van der Waals surface area contributed by atoms with Gasteiger partial charge in [0.1, 0.15) is 22.5 Å². The molecule has 0 atom stereocenters. The number of fused-ring (bicyclic) bond motifs is 2. The van der Waals surface area contributed by atoms with Gasteiger partial charge in [-0.25, -0.2) is 14.6 Å². The van der Waals surface area contributed by atoms with Crippen LogP contribution in [0.25, 0.3) is 48.9 Å². The van der Waals surface area contributed by atoms with Crippen molar-refractivity contribution < 1.29 is 0 Å². The van der Waals surface area contributed by atoms with Gasteiger partial charge in [0.05, 0.1) is 21.5 Å². The molecule has 6 aromatic rings. The van der Waals surface area contributed by atoms with E-state index in [1.807, 2.05) is 95.7 Å². The van der Waals surface area contributed by atoms with E-state index in [1.165, 1.54) is 11.3 Å². The van der Waals surface area contributed by atoms with Gasteiger partial charge in [0.25, 0.3) is 0 Å². The summed E-state index contributed by atoms with van der Waals surface area (Å²) in [7, 11) is 0. The largest absolute Gasteiger partial charge is 0.234 e. The van der Waals surface area contributed by atoms with Gasteiger partial charge < -0.3 is 0 Å². The van der Waals surface area contributed by atoms with Gasteiger partial charge in [0.15, 0.2) is 5.65 Å². The molecule has 0 aliphatic rings. The molecule has 3 aromatic carbocycles. The molecule has 0 bridgehead atoms. The molecule has 0 aliphatic carbocycles. The number of nitriles is 1. The Morgan fingerprint density at radius 3 is 2.25 bits per heavy atom. The normalized spacial score (nSPS) is 11.1. The third-order valence-corrected chi connectivity index (χ3v) is 6.37. The summed E-state index contributed by atoms with van der Waals surface area (Å²) in [5.41, 5.74) is 5.35. The van der Waals surface area contributed by atoms with Crippen molar-refractivity contribution in [3.63, 3.8) is 0 Å². The first-order valence-electron chi connectivity index (χ1n) is 10.1. The van der Waals surface area contributed by atoms with Crippen LogP contribution in [0.2, 0.25) is 0 Å². The fraction of sp³-hybridized carbons (Fsp3) is 0. The van der Waals surface area contributed by atoms with Crippen molar-refractivity contribution in [1.29, 1.82) is 5.26 Å². The summed E-state index contributed by atoms with van der Waals surface area (Å²) < 4.78 is 2.91.